The van der Waals surface area contributed by atoms with Gasteiger partial charge in [0.05, 0.1) is 12.1 Å². The highest BCUT2D eigenvalue weighted by atomic mass is 14.7. The summed E-state index contributed by atoms with van der Waals surface area (Å²) in [6.45, 7) is 7.38. The van der Waals surface area contributed by atoms with Crippen molar-refractivity contribution in [1.29, 1.82) is 5.26 Å². The lowest BCUT2D eigenvalue weighted by Gasteiger charge is -2.17. The lowest BCUT2D eigenvalue weighted by Crippen LogP contribution is -1.90. The SMILES string of the molecule is [C-]#[N+]c1cncc(-c2cccc(-c3ccc4ccc5c(-c6cccc(-c7cncc(C#N)c7)c6)ccc6ccc3c4c65)c2)c1. The maximum absolute atomic E-state index is 9.37. The fraction of sp³-hybridized carbons (Fsp3) is 0. The molecule has 8 aromatic rings. The third-order valence-electron chi connectivity index (χ3n) is 8.40. The molecule has 0 saturated carbocycles. The number of nitriles is 1. The fourth-order valence-electron chi connectivity index (χ4n) is 6.34. The van der Waals surface area contributed by atoms with Gasteiger partial charge in [-0.1, -0.05) is 84.9 Å². The van der Waals surface area contributed by atoms with Gasteiger partial charge in [0.1, 0.15) is 6.07 Å². The molecular weight excluding hydrogens is 536 g/mol. The van der Waals surface area contributed by atoms with Crippen molar-refractivity contribution in [3.05, 3.63) is 151 Å². The van der Waals surface area contributed by atoms with Crippen LogP contribution in [-0.2, 0) is 0 Å². The first-order valence-corrected chi connectivity index (χ1v) is 14.3. The first kappa shape index (κ1) is 25.4. The van der Waals surface area contributed by atoms with E-state index in [1.165, 1.54) is 37.9 Å². The monoisotopic (exact) mass is 558 g/mol. The summed E-state index contributed by atoms with van der Waals surface area (Å²) in [7, 11) is 0. The summed E-state index contributed by atoms with van der Waals surface area (Å²) in [6.07, 6.45) is 6.79. The molecule has 0 N–H and O–H groups in total. The predicted molar refractivity (Wildman–Crippen MR) is 178 cm³/mol. The second kappa shape index (κ2) is 10.2. The van der Waals surface area contributed by atoms with Crippen LogP contribution in [0.15, 0.2) is 134 Å². The summed E-state index contributed by atoms with van der Waals surface area (Å²) in [5, 5.41) is 16.7. The molecule has 8 rings (SSSR count). The lowest BCUT2D eigenvalue weighted by molar-refractivity contribution is 1.30. The highest BCUT2D eigenvalue weighted by molar-refractivity contribution is 6.27. The number of benzene rings is 6. The van der Waals surface area contributed by atoms with Gasteiger partial charge in [-0.3, -0.25) is 9.97 Å². The Hall–Kier alpha value is -6.36. The molecule has 0 radical (unpaired) electrons. The van der Waals surface area contributed by atoms with Crippen LogP contribution in [0.25, 0.3) is 81.7 Å². The third-order valence-corrected chi connectivity index (χ3v) is 8.40. The van der Waals surface area contributed by atoms with Crippen LogP contribution in [0.4, 0.5) is 5.69 Å². The molecule has 2 heterocycles. The molecule has 0 unspecified atom stereocenters. The van der Waals surface area contributed by atoms with E-state index in [0.29, 0.717) is 11.3 Å². The minimum atomic E-state index is 0.532. The Morgan fingerprint density at radius 3 is 1.61 bits per heavy atom. The summed E-state index contributed by atoms with van der Waals surface area (Å²) in [5.41, 5.74) is 9.56. The molecule has 0 atom stereocenters. The third kappa shape index (κ3) is 4.14. The molecule has 202 valence electrons. The van der Waals surface area contributed by atoms with Gasteiger partial charge in [0, 0.05) is 30.4 Å². The minimum Gasteiger partial charge on any atom is -0.276 e. The second-order valence-electron chi connectivity index (χ2n) is 10.9. The Labute approximate surface area is 254 Å². The van der Waals surface area contributed by atoms with Crippen molar-refractivity contribution in [2.24, 2.45) is 0 Å². The average Bonchev–Trinajstić information content (AvgIpc) is 3.10. The van der Waals surface area contributed by atoms with Crippen molar-refractivity contribution >= 4 is 38.0 Å². The fourth-order valence-corrected chi connectivity index (χ4v) is 6.34. The van der Waals surface area contributed by atoms with Crippen molar-refractivity contribution in [2.75, 3.05) is 0 Å². The Kier molecular flexibility index (Phi) is 5.86. The number of aromatic nitrogens is 2. The van der Waals surface area contributed by atoms with E-state index < -0.39 is 0 Å². The van der Waals surface area contributed by atoms with Gasteiger partial charge in [-0.15, -0.1) is 0 Å². The van der Waals surface area contributed by atoms with Crippen LogP contribution in [0.2, 0.25) is 0 Å². The van der Waals surface area contributed by atoms with E-state index in [1.807, 2.05) is 18.3 Å². The Bertz CT molecular complexity index is 2300. The van der Waals surface area contributed by atoms with Crippen LogP contribution in [0.1, 0.15) is 5.56 Å². The molecule has 0 bridgehead atoms. The Balaban J connectivity index is 1.30. The molecule has 44 heavy (non-hydrogen) atoms. The van der Waals surface area contributed by atoms with E-state index in [-0.39, 0.29) is 0 Å². The van der Waals surface area contributed by atoms with E-state index in [9.17, 15) is 5.26 Å². The van der Waals surface area contributed by atoms with Gasteiger partial charge in [0.15, 0.2) is 0 Å². The van der Waals surface area contributed by atoms with Crippen LogP contribution in [-0.4, -0.2) is 9.97 Å². The molecule has 0 saturated heterocycles. The summed E-state index contributed by atoms with van der Waals surface area (Å²) in [4.78, 5) is 12.1. The smallest absolute Gasteiger partial charge is 0.205 e. The van der Waals surface area contributed by atoms with Gasteiger partial charge in [0.25, 0.3) is 0 Å². The zero-order valence-electron chi connectivity index (χ0n) is 23.5. The van der Waals surface area contributed by atoms with Crippen molar-refractivity contribution in [3.8, 4) is 50.6 Å². The zero-order valence-corrected chi connectivity index (χ0v) is 23.5. The Morgan fingerprint density at radius 2 is 1.05 bits per heavy atom. The van der Waals surface area contributed by atoms with Crippen LogP contribution < -0.4 is 0 Å². The van der Waals surface area contributed by atoms with Crippen LogP contribution in [0.3, 0.4) is 0 Å². The largest absolute Gasteiger partial charge is 0.276 e. The summed E-state index contributed by atoms with van der Waals surface area (Å²) >= 11 is 0. The molecule has 0 fully saturated rings. The van der Waals surface area contributed by atoms with Gasteiger partial charge in [0.2, 0.25) is 5.69 Å². The number of hydrogen-bond donors (Lipinski definition) is 0. The summed E-state index contributed by atoms with van der Waals surface area (Å²) in [6, 6.07) is 40.6. The van der Waals surface area contributed by atoms with Crippen molar-refractivity contribution < 1.29 is 0 Å². The van der Waals surface area contributed by atoms with Gasteiger partial charge in [-0.05, 0) is 95.5 Å². The zero-order chi connectivity index (χ0) is 29.6. The van der Waals surface area contributed by atoms with E-state index in [4.69, 9.17) is 6.57 Å². The van der Waals surface area contributed by atoms with E-state index in [2.05, 4.69) is 118 Å². The quantitative estimate of drug-likeness (QED) is 0.159. The predicted octanol–water partition coefficient (Wildman–Crippen LogP) is 10.5. The van der Waals surface area contributed by atoms with E-state index in [0.717, 1.165) is 38.9 Å². The number of hydrogen-bond acceptors (Lipinski definition) is 3. The minimum absolute atomic E-state index is 0.532. The van der Waals surface area contributed by atoms with E-state index >= 15 is 0 Å². The van der Waals surface area contributed by atoms with Gasteiger partial charge >= 0.3 is 0 Å². The van der Waals surface area contributed by atoms with Crippen molar-refractivity contribution in [2.45, 2.75) is 0 Å². The molecule has 4 nitrogen and oxygen atoms in total. The van der Waals surface area contributed by atoms with Crippen LogP contribution in [0, 0.1) is 17.9 Å². The topological polar surface area (TPSA) is 53.9 Å². The maximum atomic E-state index is 9.37. The van der Waals surface area contributed by atoms with Crippen LogP contribution in [0.5, 0.6) is 0 Å². The molecule has 6 aromatic carbocycles. The standard InChI is InChI=1S/C40H22N4/c1-42-34-19-33(23-44-24-34)29-5-3-7-31(18-29)36-13-9-27-10-14-37-35(12-8-26-11-15-38(36)40(27)39(26)37)30-6-2-4-28(17-30)32-16-25(20-41)21-43-22-32/h2-19,21-24H. The molecule has 2 aromatic heterocycles. The van der Waals surface area contributed by atoms with Gasteiger partial charge in [-0.25, -0.2) is 4.85 Å². The summed E-state index contributed by atoms with van der Waals surface area (Å²) in [5.74, 6) is 0. The molecule has 0 aliphatic carbocycles. The molecule has 4 heteroatoms. The normalized spacial score (nSPS) is 11.1. The first-order valence-electron chi connectivity index (χ1n) is 14.3. The molecule has 0 aliphatic rings. The average molecular weight is 559 g/mol. The highest BCUT2D eigenvalue weighted by Gasteiger charge is 2.16. The molecule has 0 spiro atoms. The number of rotatable bonds is 4. The highest BCUT2D eigenvalue weighted by Crippen LogP contribution is 2.43. The van der Waals surface area contributed by atoms with E-state index in [1.54, 1.807) is 18.6 Å². The molecule has 0 amide bonds. The lowest BCUT2D eigenvalue weighted by atomic mass is 9.86. The first-order chi connectivity index (χ1) is 21.7. The Morgan fingerprint density at radius 1 is 0.523 bits per heavy atom. The summed E-state index contributed by atoms with van der Waals surface area (Å²) < 4.78 is 0. The van der Waals surface area contributed by atoms with Crippen LogP contribution >= 0.6 is 0 Å². The molecule has 0 aliphatic heterocycles. The van der Waals surface area contributed by atoms with Crippen molar-refractivity contribution in [3.63, 3.8) is 0 Å². The second-order valence-corrected chi connectivity index (χ2v) is 10.9. The van der Waals surface area contributed by atoms with Gasteiger partial charge < -0.3 is 0 Å². The van der Waals surface area contributed by atoms with Crippen molar-refractivity contribution in [1.82, 2.24) is 9.97 Å². The number of pyridine rings is 2. The van der Waals surface area contributed by atoms with Gasteiger partial charge in [-0.2, -0.15) is 5.26 Å². The maximum Gasteiger partial charge on any atom is 0.205 e. The number of nitrogens with zero attached hydrogens (tertiary/aromatic N) is 4. The molecular formula is C40H22N4.